The van der Waals surface area contributed by atoms with Gasteiger partial charge in [-0.3, -0.25) is 9.80 Å². The van der Waals surface area contributed by atoms with Crippen molar-refractivity contribution >= 4 is 11.5 Å². The number of carboxylic acid groups (broad SMARTS) is 1. The number of aliphatic hydroxyl groups is 1. The average molecular weight is 726 g/mol. The summed E-state index contributed by atoms with van der Waals surface area (Å²) in [5.74, 6) is 2.44. The summed E-state index contributed by atoms with van der Waals surface area (Å²) in [6.45, 7) is 28.6. The molecule has 3 N–H and O–H groups in total. The third kappa shape index (κ3) is 5.80. The summed E-state index contributed by atoms with van der Waals surface area (Å²) >= 11 is 0. The molecule has 0 spiro atoms. The second kappa shape index (κ2) is 13.0. The highest BCUT2D eigenvalue weighted by atomic mass is 16.4. The molecule has 1 heterocycles. The number of nitrogens with one attached hydrogen (secondary N) is 1. The molecule has 1 unspecified atom stereocenters. The standard InChI is InChI=1S/C47H71N3O3/c1-31(2)34-15-20-47(48-25-26-49-27-29-50(30-28-49)41(53)43(5)21-22-43)24-23-45(7)36(39(34)47)13-14-38-44(6)18-16-35(32-9-11-33(12-10-32)40(51)52)42(3,4)37(44)17-19-46(38,45)8/h9-12,16,34,36-39,41,48,53H,1,13-15,17-30H2,2-8H3,(H,51,52)/t34-,36+,37-,38+,39+,41?,44-,45+,46+,47-/m0/s1. The van der Waals surface area contributed by atoms with Gasteiger partial charge >= 0.3 is 5.97 Å². The van der Waals surface area contributed by atoms with Crippen LogP contribution in [0, 0.1) is 56.7 Å². The molecule has 8 rings (SSSR count). The van der Waals surface area contributed by atoms with Crippen LogP contribution >= 0.6 is 0 Å². The lowest BCUT2D eigenvalue weighted by Gasteiger charge is -2.72. The maximum atomic E-state index is 11.6. The zero-order valence-corrected chi connectivity index (χ0v) is 34.3. The molecule has 53 heavy (non-hydrogen) atoms. The Morgan fingerprint density at radius 1 is 0.868 bits per heavy atom. The number of carboxylic acids is 1. The molecule has 292 valence electrons. The Balaban J connectivity index is 0.997. The molecule has 6 fully saturated rings. The number of benzene rings is 1. The third-order valence-electron chi connectivity index (χ3n) is 18.4. The summed E-state index contributed by atoms with van der Waals surface area (Å²) in [5, 5.41) is 24.8. The fraction of sp³-hybridized carbons (Fsp3) is 0.766. The molecule has 7 aliphatic rings. The van der Waals surface area contributed by atoms with Gasteiger partial charge in [-0.2, -0.15) is 0 Å². The number of fused-ring (bicyclic) bond motifs is 7. The molecular weight excluding hydrogens is 655 g/mol. The first-order valence-corrected chi connectivity index (χ1v) is 21.6. The Hall–Kier alpha value is -1.99. The van der Waals surface area contributed by atoms with Crippen LogP contribution in [0.2, 0.25) is 0 Å². The van der Waals surface area contributed by atoms with E-state index in [4.69, 9.17) is 0 Å². The molecule has 5 saturated carbocycles. The van der Waals surface area contributed by atoms with Crippen LogP contribution in [0.5, 0.6) is 0 Å². The van der Waals surface area contributed by atoms with Crippen molar-refractivity contribution in [1.29, 1.82) is 0 Å². The van der Waals surface area contributed by atoms with Gasteiger partial charge in [-0.15, -0.1) is 0 Å². The zero-order chi connectivity index (χ0) is 37.8. The minimum atomic E-state index is -0.857. The minimum absolute atomic E-state index is 0.0286. The van der Waals surface area contributed by atoms with Crippen molar-refractivity contribution in [3.63, 3.8) is 0 Å². The van der Waals surface area contributed by atoms with E-state index in [2.05, 4.69) is 76.2 Å². The monoisotopic (exact) mass is 726 g/mol. The predicted molar refractivity (Wildman–Crippen MR) is 215 cm³/mol. The van der Waals surface area contributed by atoms with Gasteiger partial charge in [0.15, 0.2) is 0 Å². The van der Waals surface area contributed by atoms with Gasteiger partial charge in [-0.25, -0.2) is 4.79 Å². The summed E-state index contributed by atoms with van der Waals surface area (Å²) in [5.41, 5.74) is 5.64. The van der Waals surface area contributed by atoms with E-state index in [-0.39, 0.29) is 28.0 Å². The quantitative estimate of drug-likeness (QED) is 0.221. The van der Waals surface area contributed by atoms with E-state index in [1.807, 2.05) is 12.1 Å². The Labute approximate surface area is 321 Å². The molecule has 10 atom stereocenters. The van der Waals surface area contributed by atoms with Crippen LogP contribution in [0.1, 0.15) is 135 Å². The molecule has 1 aliphatic heterocycles. The Bertz CT molecular complexity index is 1620. The van der Waals surface area contributed by atoms with E-state index < -0.39 is 5.97 Å². The molecule has 1 saturated heterocycles. The molecule has 0 amide bonds. The molecule has 1 aromatic carbocycles. The highest BCUT2D eigenvalue weighted by Crippen LogP contribution is 2.76. The molecule has 6 nitrogen and oxygen atoms in total. The second-order valence-corrected chi connectivity index (χ2v) is 21.1. The lowest BCUT2D eigenvalue weighted by atomic mass is 9.33. The van der Waals surface area contributed by atoms with E-state index in [1.165, 1.54) is 68.1 Å². The summed E-state index contributed by atoms with van der Waals surface area (Å²) in [6, 6.07) is 7.65. The number of allylic oxidation sites excluding steroid dienone is 3. The van der Waals surface area contributed by atoms with Gasteiger partial charge in [0.1, 0.15) is 6.23 Å². The van der Waals surface area contributed by atoms with Gasteiger partial charge in [-0.1, -0.05) is 71.9 Å². The lowest BCUT2D eigenvalue weighted by molar-refractivity contribution is -0.219. The number of aliphatic hydroxyl groups excluding tert-OH is 1. The normalized spacial score (nSPS) is 42.3. The predicted octanol–water partition coefficient (Wildman–Crippen LogP) is 9.11. The molecule has 6 heteroatoms. The minimum Gasteiger partial charge on any atom is -0.478 e. The number of hydrogen-bond acceptors (Lipinski definition) is 5. The highest BCUT2D eigenvalue weighted by Gasteiger charge is 2.70. The lowest BCUT2D eigenvalue weighted by Crippen LogP contribution is -2.68. The van der Waals surface area contributed by atoms with Gasteiger partial charge in [0.25, 0.3) is 0 Å². The number of piperazine rings is 1. The van der Waals surface area contributed by atoms with Crippen molar-refractivity contribution in [3.8, 4) is 0 Å². The average Bonchev–Trinajstić information content (AvgIpc) is 3.75. The van der Waals surface area contributed by atoms with Crippen molar-refractivity contribution < 1.29 is 15.0 Å². The molecule has 0 radical (unpaired) electrons. The first-order valence-electron chi connectivity index (χ1n) is 21.6. The van der Waals surface area contributed by atoms with Gasteiger partial charge in [-0.05, 0) is 152 Å². The van der Waals surface area contributed by atoms with Crippen LogP contribution < -0.4 is 5.32 Å². The van der Waals surface area contributed by atoms with E-state index in [9.17, 15) is 15.0 Å². The van der Waals surface area contributed by atoms with Crippen molar-refractivity contribution in [1.82, 2.24) is 15.1 Å². The molecule has 1 aromatic rings. The third-order valence-corrected chi connectivity index (χ3v) is 18.4. The fourth-order valence-corrected chi connectivity index (χ4v) is 14.9. The molecule has 6 aliphatic carbocycles. The molecule has 0 aromatic heterocycles. The topological polar surface area (TPSA) is 76.0 Å². The Morgan fingerprint density at radius 3 is 2.21 bits per heavy atom. The zero-order valence-electron chi connectivity index (χ0n) is 34.3. The van der Waals surface area contributed by atoms with Crippen molar-refractivity contribution in [3.05, 3.63) is 53.6 Å². The van der Waals surface area contributed by atoms with Gasteiger partial charge in [0, 0.05) is 50.2 Å². The molecule has 0 bridgehead atoms. The molecular formula is C47H71N3O3. The number of rotatable bonds is 9. The number of carbonyl (C=O) groups is 1. The van der Waals surface area contributed by atoms with Crippen LogP contribution in [-0.4, -0.2) is 77.0 Å². The van der Waals surface area contributed by atoms with Crippen LogP contribution in [0.25, 0.3) is 5.57 Å². The summed E-state index contributed by atoms with van der Waals surface area (Å²) in [7, 11) is 0. The maximum absolute atomic E-state index is 11.6. The van der Waals surface area contributed by atoms with Gasteiger partial charge < -0.3 is 15.5 Å². The van der Waals surface area contributed by atoms with Crippen molar-refractivity contribution in [2.75, 3.05) is 39.3 Å². The highest BCUT2D eigenvalue weighted by molar-refractivity contribution is 5.88. The second-order valence-electron chi connectivity index (χ2n) is 21.1. The van der Waals surface area contributed by atoms with Gasteiger partial charge in [0.05, 0.1) is 5.56 Å². The summed E-state index contributed by atoms with van der Waals surface area (Å²) in [4.78, 5) is 16.6. The summed E-state index contributed by atoms with van der Waals surface area (Å²) in [6.07, 6.45) is 16.2. The first-order chi connectivity index (χ1) is 25.0. The van der Waals surface area contributed by atoms with Gasteiger partial charge in [0.2, 0.25) is 0 Å². The Kier molecular flexibility index (Phi) is 9.32. The van der Waals surface area contributed by atoms with Crippen LogP contribution in [0.4, 0.5) is 0 Å². The summed E-state index contributed by atoms with van der Waals surface area (Å²) < 4.78 is 0. The number of nitrogens with zero attached hydrogens (tertiary/aromatic N) is 2. The largest absolute Gasteiger partial charge is 0.478 e. The smallest absolute Gasteiger partial charge is 0.335 e. The van der Waals surface area contributed by atoms with E-state index in [0.717, 1.165) is 64.4 Å². The maximum Gasteiger partial charge on any atom is 0.335 e. The van der Waals surface area contributed by atoms with Crippen molar-refractivity contribution in [2.45, 2.75) is 131 Å². The van der Waals surface area contributed by atoms with Crippen LogP contribution in [0.15, 0.2) is 42.5 Å². The Morgan fingerprint density at radius 2 is 1.57 bits per heavy atom. The number of hydrogen-bond donors (Lipinski definition) is 3. The van der Waals surface area contributed by atoms with E-state index >= 15 is 0 Å². The fourth-order valence-electron chi connectivity index (χ4n) is 14.9. The van der Waals surface area contributed by atoms with Crippen LogP contribution in [0.3, 0.4) is 0 Å². The van der Waals surface area contributed by atoms with Crippen LogP contribution in [-0.2, 0) is 0 Å². The van der Waals surface area contributed by atoms with E-state index in [1.54, 1.807) is 12.1 Å². The number of aromatic carboxylic acids is 1. The SMILES string of the molecule is C=C(C)[C@@H]1CC[C@]2(NCCN3CCN(C(O)C4(C)CC4)CC3)CC[C@]3(C)[C@H](CC[C@@H]4[C@@]5(C)CC=C(c6ccc(C(=O)O)cc6)C(C)(C)[C@@H]5CC[C@]43C)[C@@H]12. The first kappa shape index (κ1) is 37.9. The van der Waals surface area contributed by atoms with Crippen molar-refractivity contribution in [2.24, 2.45) is 56.7 Å². The van der Waals surface area contributed by atoms with E-state index in [0.29, 0.717) is 40.1 Å².